The van der Waals surface area contributed by atoms with Crippen molar-refractivity contribution >= 4 is 11.9 Å². The number of ether oxygens (including phenoxy) is 1. The molecule has 136 valence electrons. The lowest BCUT2D eigenvalue weighted by atomic mass is 9.94. The van der Waals surface area contributed by atoms with E-state index in [1.165, 1.54) is 17.2 Å². The predicted octanol–water partition coefficient (Wildman–Crippen LogP) is 2.35. The van der Waals surface area contributed by atoms with E-state index in [0.29, 0.717) is 6.54 Å². The summed E-state index contributed by atoms with van der Waals surface area (Å²) in [6.07, 6.45) is -0.740. The number of carboxylic acid groups (broad SMARTS) is 1. The van der Waals surface area contributed by atoms with E-state index in [2.05, 4.69) is 9.72 Å². The number of pyridine rings is 1. The standard InChI is InChI=1S/C16H17F3N2O4/c17-16(18,19)8-25-12-6-9(4-5-20-12)14(22)21-7-10-2-1-3-11(10)13(21)15(23)24/h4-6,10-11,13H,1-3,7-8H2,(H,23,24). The maximum Gasteiger partial charge on any atom is 0.422 e. The van der Waals surface area contributed by atoms with E-state index in [1.807, 2.05) is 0 Å². The van der Waals surface area contributed by atoms with Gasteiger partial charge in [-0.15, -0.1) is 0 Å². The first-order chi connectivity index (χ1) is 11.8. The van der Waals surface area contributed by atoms with Crippen LogP contribution in [0, 0.1) is 11.8 Å². The Morgan fingerprint density at radius 3 is 2.80 bits per heavy atom. The molecule has 1 amide bonds. The van der Waals surface area contributed by atoms with Crippen molar-refractivity contribution in [1.82, 2.24) is 9.88 Å². The van der Waals surface area contributed by atoms with Crippen LogP contribution in [0.1, 0.15) is 29.6 Å². The van der Waals surface area contributed by atoms with Gasteiger partial charge in [0.25, 0.3) is 5.91 Å². The summed E-state index contributed by atoms with van der Waals surface area (Å²) in [6.45, 7) is -1.16. The Morgan fingerprint density at radius 2 is 2.12 bits per heavy atom. The zero-order chi connectivity index (χ0) is 18.2. The second-order valence-electron chi connectivity index (χ2n) is 6.38. The van der Waals surface area contributed by atoms with E-state index in [1.54, 1.807) is 0 Å². The molecule has 3 atom stereocenters. The average Bonchev–Trinajstić information content (AvgIpc) is 3.12. The van der Waals surface area contributed by atoms with Gasteiger partial charge < -0.3 is 14.7 Å². The number of amides is 1. The third-order valence-corrected chi connectivity index (χ3v) is 4.77. The third-order valence-electron chi connectivity index (χ3n) is 4.77. The lowest BCUT2D eigenvalue weighted by Gasteiger charge is -2.24. The van der Waals surface area contributed by atoms with Crippen molar-refractivity contribution in [3.8, 4) is 5.88 Å². The van der Waals surface area contributed by atoms with Crippen molar-refractivity contribution < 1.29 is 32.6 Å². The molecule has 3 unspecified atom stereocenters. The van der Waals surface area contributed by atoms with Gasteiger partial charge in [0.05, 0.1) is 0 Å². The van der Waals surface area contributed by atoms with E-state index in [4.69, 9.17) is 0 Å². The number of alkyl halides is 3. The average molecular weight is 358 g/mol. The fraction of sp³-hybridized carbons (Fsp3) is 0.562. The van der Waals surface area contributed by atoms with Crippen LogP contribution in [0.4, 0.5) is 13.2 Å². The highest BCUT2D eigenvalue weighted by molar-refractivity contribution is 5.97. The number of nitrogens with zero attached hydrogens (tertiary/aromatic N) is 2. The van der Waals surface area contributed by atoms with Crippen LogP contribution in [-0.4, -0.2) is 52.2 Å². The molecule has 0 radical (unpaired) electrons. The summed E-state index contributed by atoms with van der Waals surface area (Å²) in [5.41, 5.74) is 0.0680. The molecule has 0 spiro atoms. The van der Waals surface area contributed by atoms with Gasteiger partial charge in [0, 0.05) is 24.4 Å². The molecule has 1 aliphatic heterocycles. The van der Waals surface area contributed by atoms with Crippen molar-refractivity contribution in [3.63, 3.8) is 0 Å². The van der Waals surface area contributed by atoms with Gasteiger partial charge in [0.2, 0.25) is 5.88 Å². The Morgan fingerprint density at radius 1 is 1.36 bits per heavy atom. The highest BCUT2D eigenvalue weighted by atomic mass is 19.4. The van der Waals surface area contributed by atoms with Crippen LogP contribution in [0.5, 0.6) is 5.88 Å². The Bertz CT molecular complexity index is 680. The zero-order valence-electron chi connectivity index (χ0n) is 13.2. The minimum atomic E-state index is -4.51. The van der Waals surface area contributed by atoms with E-state index >= 15 is 0 Å². The first-order valence-corrected chi connectivity index (χ1v) is 7.95. The molecule has 1 aromatic heterocycles. The smallest absolute Gasteiger partial charge is 0.422 e. The summed E-state index contributed by atoms with van der Waals surface area (Å²) < 4.78 is 41.2. The van der Waals surface area contributed by atoms with E-state index in [-0.39, 0.29) is 23.3 Å². The first-order valence-electron chi connectivity index (χ1n) is 7.95. The van der Waals surface area contributed by atoms with Crippen molar-refractivity contribution in [1.29, 1.82) is 0 Å². The van der Waals surface area contributed by atoms with Gasteiger partial charge >= 0.3 is 12.1 Å². The number of aromatic nitrogens is 1. The summed E-state index contributed by atoms with van der Waals surface area (Å²) >= 11 is 0. The van der Waals surface area contributed by atoms with Crippen molar-refractivity contribution in [2.45, 2.75) is 31.5 Å². The highest BCUT2D eigenvalue weighted by Gasteiger charge is 2.49. The Labute approximate surface area is 141 Å². The number of carboxylic acids is 1. The number of carbonyl (C=O) groups excluding carboxylic acids is 1. The second kappa shape index (κ2) is 6.53. The van der Waals surface area contributed by atoms with Gasteiger partial charge in [0.15, 0.2) is 6.61 Å². The molecule has 1 N–H and O–H groups in total. The summed E-state index contributed by atoms with van der Waals surface area (Å²) in [5, 5.41) is 9.50. The third kappa shape index (κ3) is 3.69. The van der Waals surface area contributed by atoms with Crippen LogP contribution in [-0.2, 0) is 4.79 Å². The van der Waals surface area contributed by atoms with Gasteiger partial charge in [-0.25, -0.2) is 9.78 Å². The molecule has 25 heavy (non-hydrogen) atoms. The molecule has 0 aromatic carbocycles. The normalized spacial score (nSPS) is 25.7. The molecule has 2 heterocycles. The van der Waals surface area contributed by atoms with Crippen molar-refractivity contribution in [2.24, 2.45) is 11.8 Å². The molecular formula is C16H17F3N2O4. The molecular weight excluding hydrogens is 341 g/mol. The fourth-order valence-corrected chi connectivity index (χ4v) is 3.77. The van der Waals surface area contributed by atoms with Gasteiger partial charge in [-0.2, -0.15) is 13.2 Å². The molecule has 1 aromatic rings. The predicted molar refractivity (Wildman–Crippen MR) is 79.1 cm³/mol. The number of rotatable bonds is 4. The topological polar surface area (TPSA) is 79.7 Å². The minimum Gasteiger partial charge on any atom is -0.480 e. The van der Waals surface area contributed by atoms with Crippen LogP contribution in [0.15, 0.2) is 18.3 Å². The van der Waals surface area contributed by atoms with Crippen LogP contribution in [0.25, 0.3) is 0 Å². The molecule has 1 saturated heterocycles. The SMILES string of the molecule is O=C(O)C1C2CCCC2CN1C(=O)c1ccnc(OCC(F)(F)F)c1. The summed E-state index contributed by atoms with van der Waals surface area (Å²) in [6, 6.07) is 1.56. The molecule has 2 aliphatic rings. The number of hydrogen-bond acceptors (Lipinski definition) is 4. The number of fused-ring (bicyclic) bond motifs is 1. The summed E-state index contributed by atoms with van der Waals surface area (Å²) in [5.74, 6) is -1.81. The van der Waals surface area contributed by atoms with Gasteiger partial charge in [0.1, 0.15) is 6.04 Å². The number of likely N-dealkylation sites (tertiary alicyclic amines) is 1. The maximum atomic E-state index is 12.7. The zero-order valence-corrected chi connectivity index (χ0v) is 13.2. The molecule has 6 nitrogen and oxygen atoms in total. The van der Waals surface area contributed by atoms with Gasteiger partial charge in [-0.1, -0.05) is 6.42 Å². The quantitative estimate of drug-likeness (QED) is 0.894. The largest absolute Gasteiger partial charge is 0.480 e. The van der Waals surface area contributed by atoms with E-state index in [0.717, 1.165) is 25.3 Å². The van der Waals surface area contributed by atoms with Crippen LogP contribution in [0.2, 0.25) is 0 Å². The fourth-order valence-electron chi connectivity index (χ4n) is 3.77. The maximum absolute atomic E-state index is 12.7. The number of aliphatic carboxylic acids is 1. The molecule has 3 rings (SSSR count). The first kappa shape index (κ1) is 17.5. The molecule has 9 heteroatoms. The van der Waals surface area contributed by atoms with Crippen LogP contribution >= 0.6 is 0 Å². The second-order valence-corrected chi connectivity index (χ2v) is 6.38. The monoisotopic (exact) mass is 358 g/mol. The van der Waals surface area contributed by atoms with Gasteiger partial charge in [-0.3, -0.25) is 4.79 Å². The van der Waals surface area contributed by atoms with Crippen molar-refractivity contribution in [2.75, 3.05) is 13.2 Å². The highest BCUT2D eigenvalue weighted by Crippen LogP contribution is 2.42. The minimum absolute atomic E-state index is 0.0655. The molecule has 1 saturated carbocycles. The Balaban J connectivity index is 1.77. The number of hydrogen-bond donors (Lipinski definition) is 1. The summed E-state index contributed by atoms with van der Waals surface area (Å²) in [7, 11) is 0. The number of halogens is 3. The van der Waals surface area contributed by atoms with Gasteiger partial charge in [-0.05, 0) is 30.7 Å². The lowest BCUT2D eigenvalue weighted by molar-refractivity contribution is -0.154. The Kier molecular flexibility index (Phi) is 4.57. The van der Waals surface area contributed by atoms with Crippen molar-refractivity contribution in [3.05, 3.63) is 23.9 Å². The van der Waals surface area contributed by atoms with E-state index in [9.17, 15) is 27.9 Å². The number of carbonyl (C=O) groups is 2. The Hall–Kier alpha value is -2.32. The molecule has 2 fully saturated rings. The van der Waals surface area contributed by atoms with Crippen LogP contribution < -0.4 is 4.74 Å². The van der Waals surface area contributed by atoms with E-state index < -0.39 is 30.7 Å². The molecule has 0 bridgehead atoms. The molecule has 1 aliphatic carbocycles. The lowest BCUT2D eigenvalue weighted by Crippen LogP contribution is -2.43. The van der Waals surface area contributed by atoms with Crippen LogP contribution in [0.3, 0.4) is 0 Å². The summed E-state index contributed by atoms with van der Waals surface area (Å²) in [4.78, 5) is 29.3.